The summed E-state index contributed by atoms with van der Waals surface area (Å²) < 4.78 is 44.0. The van der Waals surface area contributed by atoms with Crippen LogP contribution in [0.3, 0.4) is 0 Å². The van der Waals surface area contributed by atoms with Crippen LogP contribution in [0.15, 0.2) is 18.3 Å². The molecule has 2 heterocycles. The average Bonchev–Trinajstić information content (AvgIpc) is 2.97. The Bertz CT molecular complexity index is 876. The van der Waals surface area contributed by atoms with Crippen LogP contribution < -0.4 is 4.74 Å². The topological polar surface area (TPSA) is 125 Å². The fourth-order valence-electron chi connectivity index (χ4n) is 2.28. The van der Waals surface area contributed by atoms with Crippen molar-refractivity contribution in [3.63, 3.8) is 0 Å². The minimum atomic E-state index is -4.67. The quantitative estimate of drug-likeness (QED) is 0.552. The number of carboxylic acid groups (broad SMARTS) is 1. The Morgan fingerprint density at radius 3 is 2.54 bits per heavy atom. The van der Waals surface area contributed by atoms with Gasteiger partial charge in [0.25, 0.3) is 0 Å². The summed E-state index contributed by atoms with van der Waals surface area (Å²) in [6.45, 7) is 1.34. The smallest absolute Gasteiger partial charge is 0.435 e. The van der Waals surface area contributed by atoms with Crippen LogP contribution in [0.25, 0.3) is 0 Å². The van der Waals surface area contributed by atoms with Crippen molar-refractivity contribution in [3.05, 3.63) is 40.8 Å². The van der Waals surface area contributed by atoms with Crippen molar-refractivity contribution in [1.29, 1.82) is 10.8 Å². The minimum Gasteiger partial charge on any atom is -0.480 e. The van der Waals surface area contributed by atoms with E-state index in [-0.39, 0.29) is 22.7 Å². The molecular weight excluding hydrogens is 355 g/mol. The molecular formula is C15H14F3N5O3. The van der Waals surface area contributed by atoms with E-state index in [9.17, 15) is 23.1 Å². The lowest BCUT2D eigenvalue weighted by atomic mass is 9.99. The number of aromatic nitrogens is 3. The summed E-state index contributed by atoms with van der Waals surface area (Å²) in [5.41, 5.74) is -1.28. The number of hydrogen-bond acceptors (Lipinski definition) is 6. The van der Waals surface area contributed by atoms with Crippen LogP contribution in [0, 0.1) is 17.7 Å². The molecule has 0 radical (unpaired) electrons. The molecule has 0 aliphatic rings. The molecule has 0 saturated carbocycles. The Kier molecular flexibility index (Phi) is 5.10. The second-order valence-corrected chi connectivity index (χ2v) is 5.24. The second kappa shape index (κ2) is 6.94. The van der Waals surface area contributed by atoms with Gasteiger partial charge < -0.3 is 15.3 Å². The van der Waals surface area contributed by atoms with Gasteiger partial charge in [-0.05, 0) is 24.6 Å². The molecule has 2 aromatic rings. The van der Waals surface area contributed by atoms with Gasteiger partial charge in [0.15, 0.2) is 5.69 Å². The molecule has 2 aromatic heterocycles. The number of pyridine rings is 1. The number of ether oxygens (including phenoxy) is 1. The van der Waals surface area contributed by atoms with Gasteiger partial charge in [-0.15, -0.1) is 0 Å². The number of hydrogen-bond donors (Lipinski definition) is 3. The lowest BCUT2D eigenvalue weighted by Crippen LogP contribution is -2.24. The summed E-state index contributed by atoms with van der Waals surface area (Å²) >= 11 is 0. The van der Waals surface area contributed by atoms with Crippen LogP contribution in [-0.2, 0) is 6.18 Å². The van der Waals surface area contributed by atoms with Gasteiger partial charge in [-0.25, -0.2) is 14.5 Å². The largest absolute Gasteiger partial charge is 0.480 e. The highest BCUT2D eigenvalue weighted by molar-refractivity contribution is 6.01. The second-order valence-electron chi connectivity index (χ2n) is 5.24. The molecule has 0 fully saturated rings. The van der Waals surface area contributed by atoms with Crippen molar-refractivity contribution >= 4 is 18.0 Å². The Morgan fingerprint density at radius 2 is 2.08 bits per heavy atom. The number of halogens is 3. The summed E-state index contributed by atoms with van der Waals surface area (Å²) in [7, 11) is 1.23. The van der Waals surface area contributed by atoms with Crippen molar-refractivity contribution in [2.24, 2.45) is 0 Å². The molecule has 0 saturated heterocycles. The third-order valence-corrected chi connectivity index (χ3v) is 3.52. The number of aryl methyl sites for hydroxylation is 1. The van der Waals surface area contributed by atoms with E-state index in [1.807, 2.05) is 0 Å². The predicted molar refractivity (Wildman–Crippen MR) is 84.4 cm³/mol. The molecule has 0 amide bonds. The van der Waals surface area contributed by atoms with Crippen molar-refractivity contribution in [1.82, 2.24) is 14.8 Å². The Labute approximate surface area is 145 Å². The third kappa shape index (κ3) is 3.55. The first-order valence-corrected chi connectivity index (χ1v) is 7.10. The Balaban J connectivity index is 2.48. The summed E-state index contributed by atoms with van der Waals surface area (Å²) in [4.78, 5) is 15.1. The molecule has 8 nitrogen and oxygen atoms in total. The zero-order chi connectivity index (χ0) is 19.6. The first-order valence-electron chi connectivity index (χ1n) is 7.10. The van der Waals surface area contributed by atoms with Gasteiger partial charge in [0.05, 0.1) is 13.0 Å². The molecule has 26 heavy (non-hydrogen) atoms. The average molecular weight is 369 g/mol. The number of rotatable bonds is 5. The minimum absolute atomic E-state index is 0.0501. The zero-order valence-electron chi connectivity index (χ0n) is 13.6. The first-order chi connectivity index (χ1) is 12.1. The third-order valence-electron chi connectivity index (χ3n) is 3.52. The molecule has 11 heteroatoms. The van der Waals surface area contributed by atoms with Crippen LogP contribution in [0.2, 0.25) is 0 Å². The normalized spacial score (nSPS) is 12.5. The van der Waals surface area contributed by atoms with E-state index >= 15 is 0 Å². The van der Waals surface area contributed by atoms with Crippen LogP contribution in [0.4, 0.5) is 13.2 Å². The first kappa shape index (κ1) is 19.1. The van der Waals surface area contributed by atoms with E-state index in [1.54, 1.807) is 0 Å². The van der Waals surface area contributed by atoms with Gasteiger partial charge in [-0.2, -0.15) is 18.3 Å². The van der Waals surface area contributed by atoms with E-state index in [0.717, 1.165) is 23.0 Å². The van der Waals surface area contributed by atoms with Gasteiger partial charge in [0, 0.05) is 18.1 Å². The summed E-state index contributed by atoms with van der Waals surface area (Å²) in [5, 5.41) is 28.2. The monoisotopic (exact) mass is 369 g/mol. The molecule has 0 spiro atoms. The van der Waals surface area contributed by atoms with E-state index in [4.69, 9.17) is 15.6 Å². The number of alkyl halides is 3. The van der Waals surface area contributed by atoms with Crippen molar-refractivity contribution in [2.45, 2.75) is 19.0 Å². The number of carboxylic acids is 1. The fraction of sp³-hybridized carbons (Fsp3) is 0.267. The summed E-state index contributed by atoms with van der Waals surface area (Å²) in [6.07, 6.45) is -2.68. The Hall–Kier alpha value is -3.24. The molecule has 0 bridgehead atoms. The molecule has 0 aromatic carbocycles. The maximum atomic E-state index is 12.8. The molecule has 2 rings (SSSR count). The maximum absolute atomic E-state index is 12.8. The number of methoxy groups -OCH3 is 1. The molecule has 0 aliphatic carbocycles. The van der Waals surface area contributed by atoms with Crippen molar-refractivity contribution in [2.75, 3.05) is 7.11 Å². The van der Waals surface area contributed by atoms with Gasteiger partial charge >= 0.3 is 12.1 Å². The highest BCUT2D eigenvalue weighted by atomic mass is 19.4. The lowest BCUT2D eigenvalue weighted by molar-refractivity contribution is -0.141. The maximum Gasteiger partial charge on any atom is 0.435 e. The highest BCUT2D eigenvalue weighted by Gasteiger charge is 2.35. The highest BCUT2D eigenvalue weighted by Crippen LogP contribution is 2.29. The fourth-order valence-corrected chi connectivity index (χ4v) is 2.28. The van der Waals surface area contributed by atoms with Gasteiger partial charge in [-0.1, -0.05) is 0 Å². The Morgan fingerprint density at radius 1 is 1.42 bits per heavy atom. The predicted octanol–water partition coefficient (Wildman–Crippen LogP) is 2.57. The number of nitrogens with one attached hydrogen (secondary N) is 2. The molecule has 1 atom stereocenters. The van der Waals surface area contributed by atoms with Gasteiger partial charge in [-0.3, -0.25) is 5.41 Å². The van der Waals surface area contributed by atoms with E-state index in [1.165, 1.54) is 20.2 Å². The van der Waals surface area contributed by atoms with E-state index in [2.05, 4.69) is 10.1 Å². The number of carbonyl (C=O) groups is 1. The van der Waals surface area contributed by atoms with Crippen LogP contribution >= 0.6 is 0 Å². The summed E-state index contributed by atoms with van der Waals surface area (Å²) in [5.74, 6) is -3.09. The van der Waals surface area contributed by atoms with E-state index in [0.29, 0.717) is 0 Å². The van der Waals surface area contributed by atoms with Crippen LogP contribution in [-0.4, -0.2) is 45.0 Å². The molecule has 138 valence electrons. The molecule has 1 unspecified atom stereocenters. The van der Waals surface area contributed by atoms with Gasteiger partial charge in [0.1, 0.15) is 11.4 Å². The number of aromatic carboxylic acids is 1. The molecule has 0 aliphatic heterocycles. The standard InChI is InChI=1S/C15H14F3N5O3/c1-7-3-11(15(16,17)18)22-23(7)12(20)10(5-19)8-4-9(14(24)25)13(26-2)21-6-8/h3-6,10,19-20H,1-2H3,(H,24,25). The van der Waals surface area contributed by atoms with E-state index < -0.39 is 29.6 Å². The van der Waals surface area contributed by atoms with Crippen LogP contribution in [0.1, 0.15) is 33.2 Å². The lowest BCUT2D eigenvalue weighted by Gasteiger charge is -2.16. The summed E-state index contributed by atoms with van der Waals surface area (Å²) in [6, 6.07) is 1.94. The van der Waals surface area contributed by atoms with Crippen molar-refractivity contribution in [3.8, 4) is 5.88 Å². The SMILES string of the molecule is COc1ncc(C(C=N)C(=N)n2nc(C(F)(F)F)cc2C)cc1C(=O)O. The molecule has 3 N–H and O–H groups in total. The zero-order valence-corrected chi connectivity index (χ0v) is 13.6. The number of nitrogens with zero attached hydrogens (tertiary/aromatic N) is 3. The van der Waals surface area contributed by atoms with Gasteiger partial charge in [0.2, 0.25) is 5.88 Å². The van der Waals surface area contributed by atoms with Crippen LogP contribution in [0.5, 0.6) is 5.88 Å². The van der Waals surface area contributed by atoms with Crippen molar-refractivity contribution < 1.29 is 27.8 Å².